The van der Waals surface area contributed by atoms with Crippen molar-refractivity contribution in [2.45, 2.75) is 38.3 Å². The van der Waals surface area contributed by atoms with Crippen molar-refractivity contribution in [2.24, 2.45) is 5.84 Å². The lowest BCUT2D eigenvalue weighted by molar-refractivity contribution is 0.0116. The van der Waals surface area contributed by atoms with Gasteiger partial charge in [-0.15, -0.1) is 0 Å². The van der Waals surface area contributed by atoms with Gasteiger partial charge >= 0.3 is 0 Å². The number of hydrazine groups is 1. The molecule has 1 rings (SSSR count). The minimum atomic E-state index is -0.862. The van der Waals surface area contributed by atoms with Gasteiger partial charge in [-0.3, -0.25) is 11.3 Å². The molecular formula is C13H20F2N2O. The molecule has 1 atom stereocenters. The van der Waals surface area contributed by atoms with Gasteiger partial charge in [-0.05, 0) is 32.8 Å². The van der Waals surface area contributed by atoms with Crippen LogP contribution in [0.2, 0.25) is 0 Å². The first-order valence-corrected chi connectivity index (χ1v) is 5.86. The maximum atomic E-state index is 13.6. The number of methoxy groups -OCH3 is 1. The summed E-state index contributed by atoms with van der Waals surface area (Å²) in [7, 11) is 1.62. The highest BCUT2D eigenvalue weighted by molar-refractivity contribution is 5.22. The van der Waals surface area contributed by atoms with Crippen LogP contribution in [0.4, 0.5) is 8.78 Å². The number of nitrogens with one attached hydrogen (secondary N) is 1. The van der Waals surface area contributed by atoms with E-state index in [4.69, 9.17) is 10.6 Å². The highest BCUT2D eigenvalue weighted by Gasteiger charge is 2.22. The van der Waals surface area contributed by atoms with Gasteiger partial charge < -0.3 is 4.74 Å². The van der Waals surface area contributed by atoms with Gasteiger partial charge in [-0.2, -0.15) is 0 Å². The Hall–Kier alpha value is -1.04. The van der Waals surface area contributed by atoms with Crippen LogP contribution in [0.1, 0.15) is 38.3 Å². The monoisotopic (exact) mass is 258 g/mol. The zero-order valence-corrected chi connectivity index (χ0v) is 11.0. The van der Waals surface area contributed by atoms with E-state index in [1.54, 1.807) is 7.11 Å². The minimum absolute atomic E-state index is 0.240. The van der Waals surface area contributed by atoms with Crippen LogP contribution in [0.5, 0.6) is 0 Å². The van der Waals surface area contributed by atoms with E-state index >= 15 is 0 Å². The third-order valence-electron chi connectivity index (χ3n) is 3.15. The van der Waals surface area contributed by atoms with Crippen molar-refractivity contribution in [3.8, 4) is 0 Å². The van der Waals surface area contributed by atoms with E-state index in [2.05, 4.69) is 5.43 Å². The Labute approximate surface area is 106 Å². The smallest absolute Gasteiger partial charge is 0.163 e. The summed E-state index contributed by atoms with van der Waals surface area (Å²) in [6.45, 7) is 3.87. The summed E-state index contributed by atoms with van der Waals surface area (Å²) in [5.41, 5.74) is 2.44. The van der Waals surface area contributed by atoms with Crippen LogP contribution < -0.4 is 11.3 Å². The van der Waals surface area contributed by atoms with E-state index < -0.39 is 17.7 Å². The fourth-order valence-electron chi connectivity index (χ4n) is 1.71. The first kappa shape index (κ1) is 15.0. The molecule has 102 valence electrons. The zero-order valence-electron chi connectivity index (χ0n) is 11.0. The Balaban J connectivity index is 2.81. The Morgan fingerprint density at radius 3 is 2.61 bits per heavy atom. The average molecular weight is 258 g/mol. The molecule has 1 unspecified atom stereocenters. The average Bonchev–Trinajstić information content (AvgIpc) is 2.35. The standard InChI is InChI=1S/C13H20F2N2O/c1-13(2,18-3)8-7-11(17-16)9-5-4-6-10(14)12(9)15/h4-6,11,17H,7-8,16H2,1-3H3. The van der Waals surface area contributed by atoms with Gasteiger partial charge in [-0.1, -0.05) is 12.1 Å². The van der Waals surface area contributed by atoms with Gasteiger partial charge in [0, 0.05) is 18.7 Å². The predicted molar refractivity (Wildman–Crippen MR) is 66.7 cm³/mol. The molecule has 0 heterocycles. The first-order chi connectivity index (χ1) is 8.41. The summed E-state index contributed by atoms with van der Waals surface area (Å²) in [5, 5.41) is 0. The van der Waals surface area contributed by atoms with Crippen molar-refractivity contribution >= 4 is 0 Å². The van der Waals surface area contributed by atoms with Crippen LogP contribution >= 0.6 is 0 Å². The van der Waals surface area contributed by atoms with Crippen LogP contribution in [0.3, 0.4) is 0 Å². The molecule has 0 bridgehead atoms. The second kappa shape index (κ2) is 6.22. The minimum Gasteiger partial charge on any atom is -0.379 e. The van der Waals surface area contributed by atoms with Gasteiger partial charge in [0.15, 0.2) is 11.6 Å². The van der Waals surface area contributed by atoms with E-state index in [0.29, 0.717) is 12.8 Å². The van der Waals surface area contributed by atoms with Gasteiger partial charge in [0.05, 0.1) is 5.60 Å². The van der Waals surface area contributed by atoms with E-state index in [-0.39, 0.29) is 11.2 Å². The molecule has 1 aromatic rings. The maximum absolute atomic E-state index is 13.6. The lowest BCUT2D eigenvalue weighted by Gasteiger charge is -2.26. The zero-order chi connectivity index (χ0) is 13.8. The molecule has 1 aromatic carbocycles. The van der Waals surface area contributed by atoms with Crippen LogP contribution in [-0.2, 0) is 4.74 Å². The third-order valence-corrected chi connectivity index (χ3v) is 3.15. The number of hydrogen-bond donors (Lipinski definition) is 2. The molecule has 0 radical (unpaired) electrons. The molecule has 0 aromatic heterocycles. The lowest BCUT2D eigenvalue weighted by atomic mass is 9.95. The normalized spacial score (nSPS) is 13.7. The van der Waals surface area contributed by atoms with Gasteiger partial charge in [0.1, 0.15) is 0 Å². The number of nitrogens with two attached hydrogens (primary N) is 1. The fraction of sp³-hybridized carbons (Fsp3) is 0.538. The largest absolute Gasteiger partial charge is 0.379 e. The number of hydrogen-bond acceptors (Lipinski definition) is 3. The molecule has 0 amide bonds. The molecule has 5 heteroatoms. The topological polar surface area (TPSA) is 47.3 Å². The number of benzene rings is 1. The summed E-state index contributed by atoms with van der Waals surface area (Å²) in [6, 6.07) is 3.66. The maximum Gasteiger partial charge on any atom is 0.163 e. The van der Waals surface area contributed by atoms with Crippen LogP contribution in [0.15, 0.2) is 18.2 Å². The Kier molecular flexibility index (Phi) is 5.19. The van der Waals surface area contributed by atoms with Crippen molar-refractivity contribution in [3.63, 3.8) is 0 Å². The van der Waals surface area contributed by atoms with Crippen LogP contribution in [-0.4, -0.2) is 12.7 Å². The second-order valence-electron chi connectivity index (χ2n) is 4.86. The molecule has 0 saturated carbocycles. The summed E-state index contributed by atoms with van der Waals surface area (Å²) in [4.78, 5) is 0. The Morgan fingerprint density at radius 1 is 1.39 bits per heavy atom. The van der Waals surface area contributed by atoms with E-state index in [0.717, 1.165) is 6.07 Å². The molecule has 3 nitrogen and oxygen atoms in total. The molecule has 0 aliphatic heterocycles. The Bertz CT molecular complexity index is 397. The summed E-state index contributed by atoms with van der Waals surface area (Å²) in [6.07, 6.45) is 1.23. The molecule has 0 aliphatic rings. The van der Waals surface area contributed by atoms with Crippen molar-refractivity contribution < 1.29 is 13.5 Å². The van der Waals surface area contributed by atoms with E-state index in [9.17, 15) is 8.78 Å². The lowest BCUT2D eigenvalue weighted by Crippen LogP contribution is -2.31. The number of halogens is 2. The van der Waals surface area contributed by atoms with Gasteiger partial charge in [-0.25, -0.2) is 8.78 Å². The summed E-state index contributed by atoms with van der Waals surface area (Å²) >= 11 is 0. The van der Waals surface area contributed by atoms with Crippen LogP contribution in [0, 0.1) is 11.6 Å². The number of ether oxygens (including phenoxy) is 1. The van der Waals surface area contributed by atoms with Gasteiger partial charge in [0.2, 0.25) is 0 Å². The molecule has 3 N–H and O–H groups in total. The van der Waals surface area contributed by atoms with Crippen molar-refractivity contribution in [1.82, 2.24) is 5.43 Å². The Morgan fingerprint density at radius 2 is 2.06 bits per heavy atom. The molecule has 18 heavy (non-hydrogen) atoms. The molecule has 0 saturated heterocycles. The summed E-state index contributed by atoms with van der Waals surface area (Å²) < 4.78 is 32.1. The highest BCUT2D eigenvalue weighted by atomic mass is 19.2. The quantitative estimate of drug-likeness (QED) is 0.609. The molecule has 0 spiro atoms. The SMILES string of the molecule is COC(C)(C)CCC(NN)c1cccc(F)c1F. The molecule has 0 fully saturated rings. The summed E-state index contributed by atoms with van der Waals surface area (Å²) in [5.74, 6) is 3.70. The fourth-order valence-corrected chi connectivity index (χ4v) is 1.71. The third kappa shape index (κ3) is 3.73. The van der Waals surface area contributed by atoms with Gasteiger partial charge in [0.25, 0.3) is 0 Å². The van der Waals surface area contributed by atoms with Crippen LogP contribution in [0.25, 0.3) is 0 Å². The highest BCUT2D eigenvalue weighted by Crippen LogP contribution is 2.26. The first-order valence-electron chi connectivity index (χ1n) is 5.86. The van der Waals surface area contributed by atoms with Crippen molar-refractivity contribution in [3.05, 3.63) is 35.4 Å². The number of rotatable bonds is 6. The molecular weight excluding hydrogens is 238 g/mol. The van der Waals surface area contributed by atoms with E-state index in [1.165, 1.54) is 12.1 Å². The second-order valence-corrected chi connectivity index (χ2v) is 4.86. The predicted octanol–water partition coefficient (Wildman–Crippen LogP) is 2.67. The van der Waals surface area contributed by atoms with Crippen molar-refractivity contribution in [1.29, 1.82) is 0 Å². The molecule has 0 aliphatic carbocycles. The van der Waals surface area contributed by atoms with E-state index in [1.807, 2.05) is 13.8 Å². The van der Waals surface area contributed by atoms with Crippen molar-refractivity contribution in [2.75, 3.05) is 7.11 Å².